The van der Waals surface area contributed by atoms with Crippen LogP contribution in [0.1, 0.15) is 25.8 Å². The second-order valence-electron chi connectivity index (χ2n) is 6.23. The Bertz CT molecular complexity index is 672. The van der Waals surface area contributed by atoms with Crippen molar-refractivity contribution in [2.24, 2.45) is 16.6 Å². The molecule has 3 nitrogen and oxygen atoms in total. The largest absolute Gasteiger partial charge is 0.370 e. The first-order valence-corrected chi connectivity index (χ1v) is 8.24. The Morgan fingerprint density at radius 1 is 1.23 bits per heavy atom. The summed E-state index contributed by atoms with van der Waals surface area (Å²) in [6.45, 7) is 6.32. The van der Waals surface area contributed by atoms with Crippen molar-refractivity contribution in [3.8, 4) is 0 Å². The summed E-state index contributed by atoms with van der Waals surface area (Å²) in [4.78, 5) is 6.76. The summed E-state index contributed by atoms with van der Waals surface area (Å²) in [5.74, 6) is 1.34. The van der Waals surface area contributed by atoms with Crippen molar-refractivity contribution in [2.75, 3.05) is 13.1 Å². The van der Waals surface area contributed by atoms with Crippen LogP contribution in [0.4, 0.5) is 0 Å². The fraction of sp³-hybridized carbons (Fsp3) is 0.421. The van der Waals surface area contributed by atoms with E-state index in [-0.39, 0.29) is 0 Å². The zero-order valence-corrected chi connectivity index (χ0v) is 13.5. The summed E-state index contributed by atoms with van der Waals surface area (Å²) in [6, 6.07) is 15.6. The lowest BCUT2D eigenvalue weighted by atomic mass is 9.97. The molecule has 0 aliphatic carbocycles. The molecule has 2 aromatic carbocycles. The zero-order chi connectivity index (χ0) is 15.5. The van der Waals surface area contributed by atoms with Gasteiger partial charge >= 0.3 is 0 Å². The Morgan fingerprint density at radius 3 is 2.82 bits per heavy atom. The second-order valence-corrected chi connectivity index (χ2v) is 6.23. The molecule has 3 rings (SSSR count). The Hall–Kier alpha value is -2.03. The molecule has 1 heterocycles. The van der Waals surface area contributed by atoms with E-state index in [0.29, 0.717) is 17.9 Å². The quantitative estimate of drug-likeness (QED) is 0.918. The highest BCUT2D eigenvalue weighted by Gasteiger charge is 2.29. The van der Waals surface area contributed by atoms with Crippen LogP contribution >= 0.6 is 0 Å². The van der Waals surface area contributed by atoms with E-state index in [0.717, 1.165) is 25.9 Å². The molecule has 0 spiro atoms. The summed E-state index contributed by atoms with van der Waals surface area (Å²) >= 11 is 0. The third-order valence-electron chi connectivity index (χ3n) is 4.94. The lowest BCUT2D eigenvalue weighted by Crippen LogP contribution is -2.44. The van der Waals surface area contributed by atoms with E-state index in [4.69, 9.17) is 5.73 Å². The normalized spacial score (nSPS) is 19.5. The maximum atomic E-state index is 6.11. The molecule has 0 saturated heterocycles. The van der Waals surface area contributed by atoms with Crippen molar-refractivity contribution in [3.63, 3.8) is 0 Å². The number of rotatable bonds is 5. The number of guanidine groups is 1. The number of hydrogen-bond donors (Lipinski definition) is 1. The van der Waals surface area contributed by atoms with Crippen LogP contribution in [0.3, 0.4) is 0 Å². The Balaban J connectivity index is 1.77. The monoisotopic (exact) mass is 295 g/mol. The maximum absolute atomic E-state index is 6.11. The van der Waals surface area contributed by atoms with Gasteiger partial charge in [0, 0.05) is 6.54 Å². The zero-order valence-electron chi connectivity index (χ0n) is 13.5. The molecule has 1 aliphatic heterocycles. The molecular weight excluding hydrogens is 270 g/mol. The van der Waals surface area contributed by atoms with Gasteiger partial charge in [-0.25, -0.2) is 0 Å². The van der Waals surface area contributed by atoms with Crippen LogP contribution in [0, 0.1) is 5.92 Å². The Kier molecular flexibility index (Phi) is 4.32. The molecule has 2 N–H and O–H groups in total. The maximum Gasteiger partial charge on any atom is 0.191 e. The van der Waals surface area contributed by atoms with E-state index in [1.54, 1.807) is 0 Å². The predicted molar refractivity (Wildman–Crippen MR) is 94.1 cm³/mol. The van der Waals surface area contributed by atoms with Crippen LogP contribution in [-0.4, -0.2) is 30.0 Å². The van der Waals surface area contributed by atoms with E-state index in [1.165, 1.54) is 16.3 Å². The molecular formula is C19H25N3. The molecule has 116 valence electrons. The first-order chi connectivity index (χ1) is 10.7. The van der Waals surface area contributed by atoms with E-state index >= 15 is 0 Å². The number of fused-ring (bicyclic) bond motifs is 1. The van der Waals surface area contributed by atoms with E-state index in [2.05, 4.69) is 66.2 Å². The Morgan fingerprint density at radius 2 is 2.00 bits per heavy atom. The van der Waals surface area contributed by atoms with Gasteiger partial charge in [-0.15, -0.1) is 0 Å². The fourth-order valence-electron chi connectivity index (χ4n) is 3.34. The summed E-state index contributed by atoms with van der Waals surface area (Å²) in [7, 11) is 0. The number of benzene rings is 2. The SMILES string of the molecule is CCC(C)[C@H]1CN=C(N)N1CCc1cccc2ccccc12. The highest BCUT2D eigenvalue weighted by molar-refractivity contribution is 5.85. The molecule has 0 fully saturated rings. The van der Waals surface area contributed by atoms with Gasteiger partial charge in [0.1, 0.15) is 0 Å². The molecule has 0 bridgehead atoms. The molecule has 1 aliphatic rings. The van der Waals surface area contributed by atoms with Crippen LogP contribution in [0.5, 0.6) is 0 Å². The number of nitrogens with zero attached hydrogens (tertiary/aromatic N) is 2. The van der Waals surface area contributed by atoms with Gasteiger partial charge in [0.05, 0.1) is 12.6 Å². The first kappa shape index (κ1) is 14.9. The molecule has 0 saturated carbocycles. The topological polar surface area (TPSA) is 41.6 Å². The number of hydrogen-bond acceptors (Lipinski definition) is 3. The van der Waals surface area contributed by atoms with Gasteiger partial charge in [-0.3, -0.25) is 4.99 Å². The lowest BCUT2D eigenvalue weighted by molar-refractivity contribution is 0.259. The van der Waals surface area contributed by atoms with Crippen molar-refractivity contribution in [2.45, 2.75) is 32.7 Å². The summed E-state index contributed by atoms with van der Waals surface area (Å²) < 4.78 is 0. The molecule has 0 amide bonds. The fourth-order valence-corrected chi connectivity index (χ4v) is 3.34. The summed E-state index contributed by atoms with van der Waals surface area (Å²) in [5, 5.41) is 2.65. The van der Waals surface area contributed by atoms with Gasteiger partial charge in [0.15, 0.2) is 5.96 Å². The molecule has 2 aromatic rings. The lowest BCUT2D eigenvalue weighted by Gasteiger charge is -2.30. The predicted octanol–water partition coefficient (Wildman–Crippen LogP) is 3.43. The minimum Gasteiger partial charge on any atom is -0.370 e. The van der Waals surface area contributed by atoms with Gasteiger partial charge in [-0.2, -0.15) is 0 Å². The first-order valence-electron chi connectivity index (χ1n) is 8.24. The minimum atomic E-state index is 0.458. The Labute approximate surface area is 132 Å². The van der Waals surface area contributed by atoms with Crippen LogP contribution < -0.4 is 5.73 Å². The van der Waals surface area contributed by atoms with Crippen LogP contribution in [0.25, 0.3) is 10.8 Å². The van der Waals surface area contributed by atoms with Crippen LogP contribution in [0.15, 0.2) is 47.5 Å². The molecule has 3 heteroatoms. The third kappa shape index (κ3) is 2.80. The number of nitrogens with two attached hydrogens (primary N) is 1. The smallest absolute Gasteiger partial charge is 0.191 e. The average Bonchev–Trinajstić information content (AvgIpc) is 2.93. The molecule has 0 aromatic heterocycles. The standard InChI is InChI=1S/C19H25N3/c1-3-14(2)18-13-21-19(20)22(18)12-11-16-9-6-8-15-7-4-5-10-17(15)16/h4-10,14,18H,3,11-13H2,1-2H3,(H2,20,21)/t14?,18-/m1/s1. The van der Waals surface area contributed by atoms with Crippen molar-refractivity contribution in [1.82, 2.24) is 4.90 Å². The van der Waals surface area contributed by atoms with Crippen molar-refractivity contribution < 1.29 is 0 Å². The molecule has 1 unspecified atom stereocenters. The van der Waals surface area contributed by atoms with Gasteiger partial charge in [0.25, 0.3) is 0 Å². The van der Waals surface area contributed by atoms with E-state index < -0.39 is 0 Å². The van der Waals surface area contributed by atoms with E-state index in [9.17, 15) is 0 Å². The number of aliphatic imine (C=N–C) groups is 1. The van der Waals surface area contributed by atoms with Crippen LogP contribution in [-0.2, 0) is 6.42 Å². The second kappa shape index (κ2) is 6.39. The highest BCUT2D eigenvalue weighted by atomic mass is 15.3. The van der Waals surface area contributed by atoms with Gasteiger partial charge in [-0.1, -0.05) is 62.7 Å². The van der Waals surface area contributed by atoms with Gasteiger partial charge < -0.3 is 10.6 Å². The molecule has 0 radical (unpaired) electrons. The van der Waals surface area contributed by atoms with E-state index in [1.807, 2.05) is 0 Å². The molecule has 22 heavy (non-hydrogen) atoms. The van der Waals surface area contributed by atoms with Gasteiger partial charge in [0.2, 0.25) is 0 Å². The summed E-state index contributed by atoms with van der Waals surface area (Å²) in [5.41, 5.74) is 7.50. The van der Waals surface area contributed by atoms with Crippen molar-refractivity contribution >= 4 is 16.7 Å². The summed E-state index contributed by atoms with van der Waals surface area (Å²) in [6.07, 6.45) is 2.17. The minimum absolute atomic E-state index is 0.458. The highest BCUT2D eigenvalue weighted by Crippen LogP contribution is 2.22. The van der Waals surface area contributed by atoms with Crippen LogP contribution in [0.2, 0.25) is 0 Å². The van der Waals surface area contributed by atoms with Crippen molar-refractivity contribution in [3.05, 3.63) is 48.0 Å². The third-order valence-corrected chi connectivity index (χ3v) is 4.94. The average molecular weight is 295 g/mol. The molecule has 2 atom stereocenters. The van der Waals surface area contributed by atoms with Crippen molar-refractivity contribution in [1.29, 1.82) is 0 Å². The van der Waals surface area contributed by atoms with Gasteiger partial charge in [-0.05, 0) is 28.7 Å².